The highest BCUT2D eigenvalue weighted by molar-refractivity contribution is 7.89. The van der Waals surface area contributed by atoms with E-state index in [0.29, 0.717) is 17.5 Å². The van der Waals surface area contributed by atoms with E-state index in [-0.39, 0.29) is 0 Å². The molecule has 0 unspecified atom stereocenters. The average Bonchev–Trinajstić information content (AvgIpc) is 3.17. The lowest BCUT2D eigenvalue weighted by atomic mass is 10.2. The van der Waals surface area contributed by atoms with Gasteiger partial charge in [0.2, 0.25) is 10.0 Å². The van der Waals surface area contributed by atoms with Crippen LogP contribution >= 0.6 is 11.3 Å². The van der Waals surface area contributed by atoms with Crippen molar-refractivity contribution in [3.63, 3.8) is 0 Å². The van der Waals surface area contributed by atoms with Gasteiger partial charge in [0, 0.05) is 24.0 Å². The lowest BCUT2D eigenvalue weighted by Gasteiger charge is -2.07. The van der Waals surface area contributed by atoms with E-state index in [4.69, 9.17) is 0 Å². The van der Waals surface area contributed by atoms with E-state index in [1.807, 2.05) is 29.6 Å². The van der Waals surface area contributed by atoms with E-state index in [0.717, 1.165) is 17.0 Å². The van der Waals surface area contributed by atoms with Crippen LogP contribution in [0.15, 0.2) is 46.7 Å². The van der Waals surface area contributed by atoms with E-state index in [1.54, 1.807) is 23.5 Å². The summed E-state index contributed by atoms with van der Waals surface area (Å²) in [5.74, 6) is 0. The maximum absolute atomic E-state index is 12.2. The summed E-state index contributed by atoms with van der Waals surface area (Å²) in [5.41, 5.74) is 1.11. The number of hydrogen-bond donors (Lipinski definition) is 2. The van der Waals surface area contributed by atoms with E-state index < -0.39 is 10.0 Å². The molecule has 4 nitrogen and oxygen atoms in total. The predicted molar refractivity (Wildman–Crippen MR) is 84.6 cm³/mol. The van der Waals surface area contributed by atoms with Crippen LogP contribution in [-0.4, -0.2) is 14.5 Å². The van der Waals surface area contributed by atoms with Crippen LogP contribution in [0.4, 0.5) is 0 Å². The quantitative estimate of drug-likeness (QED) is 0.823. The molecule has 6 heteroatoms. The molecule has 112 valence electrons. The third-order valence-corrected chi connectivity index (χ3v) is 5.72. The van der Waals surface area contributed by atoms with Crippen LogP contribution in [0.2, 0.25) is 0 Å². The monoisotopic (exact) mass is 322 g/mol. The fourth-order valence-corrected chi connectivity index (χ4v) is 3.74. The molecule has 2 aromatic rings. The molecule has 0 bridgehead atoms. The van der Waals surface area contributed by atoms with Crippen molar-refractivity contribution in [2.45, 2.75) is 36.9 Å². The number of thiophene rings is 1. The summed E-state index contributed by atoms with van der Waals surface area (Å²) in [5, 5.41) is 5.35. The first-order valence-corrected chi connectivity index (χ1v) is 9.34. The SMILES string of the molecule is O=S(=O)(NCc1cccs1)c1ccc(CNC2CC2)cc1. The molecule has 1 fully saturated rings. The first kappa shape index (κ1) is 14.7. The van der Waals surface area contributed by atoms with E-state index >= 15 is 0 Å². The van der Waals surface area contributed by atoms with Crippen LogP contribution in [0.5, 0.6) is 0 Å². The highest BCUT2D eigenvalue weighted by Crippen LogP contribution is 2.19. The van der Waals surface area contributed by atoms with Crippen molar-refractivity contribution in [3.05, 3.63) is 52.2 Å². The number of nitrogens with one attached hydrogen (secondary N) is 2. The molecule has 1 saturated carbocycles. The summed E-state index contributed by atoms with van der Waals surface area (Å²) >= 11 is 1.54. The zero-order valence-corrected chi connectivity index (χ0v) is 13.2. The van der Waals surface area contributed by atoms with Crippen LogP contribution in [0.1, 0.15) is 23.3 Å². The van der Waals surface area contributed by atoms with Crippen LogP contribution in [-0.2, 0) is 23.1 Å². The van der Waals surface area contributed by atoms with Gasteiger partial charge in [0.1, 0.15) is 0 Å². The fraction of sp³-hybridized carbons (Fsp3) is 0.333. The Morgan fingerprint density at radius 3 is 2.48 bits per heavy atom. The lowest BCUT2D eigenvalue weighted by molar-refractivity contribution is 0.581. The van der Waals surface area contributed by atoms with Crippen LogP contribution < -0.4 is 10.0 Å². The van der Waals surface area contributed by atoms with Crippen LogP contribution in [0.3, 0.4) is 0 Å². The second kappa shape index (κ2) is 6.27. The van der Waals surface area contributed by atoms with Gasteiger partial charge in [-0.25, -0.2) is 13.1 Å². The van der Waals surface area contributed by atoms with Gasteiger partial charge >= 0.3 is 0 Å². The van der Waals surface area contributed by atoms with Gasteiger partial charge in [0.25, 0.3) is 0 Å². The Labute approximate surface area is 129 Å². The summed E-state index contributed by atoms with van der Waals surface area (Å²) in [6, 6.07) is 11.6. The maximum Gasteiger partial charge on any atom is 0.240 e. The van der Waals surface area contributed by atoms with Gasteiger partial charge in [-0.15, -0.1) is 11.3 Å². The minimum atomic E-state index is -3.44. The Balaban J connectivity index is 1.61. The summed E-state index contributed by atoms with van der Waals surface area (Å²) in [7, 11) is -3.44. The molecule has 0 radical (unpaired) electrons. The molecule has 1 aliphatic carbocycles. The van der Waals surface area contributed by atoms with Crippen molar-refractivity contribution in [2.75, 3.05) is 0 Å². The van der Waals surface area contributed by atoms with Crippen LogP contribution in [0, 0.1) is 0 Å². The Morgan fingerprint density at radius 2 is 1.86 bits per heavy atom. The predicted octanol–water partition coefficient (Wildman–Crippen LogP) is 2.48. The fourth-order valence-electron chi connectivity index (χ4n) is 2.00. The lowest BCUT2D eigenvalue weighted by Crippen LogP contribution is -2.23. The van der Waals surface area contributed by atoms with Gasteiger partial charge in [0.15, 0.2) is 0 Å². The standard InChI is InChI=1S/C15H18N2O2S2/c18-21(19,17-11-14-2-1-9-20-14)15-7-3-12(4-8-15)10-16-13-5-6-13/h1-4,7-9,13,16-17H,5-6,10-11H2. The molecule has 3 rings (SSSR count). The third-order valence-electron chi connectivity index (χ3n) is 3.42. The molecule has 0 spiro atoms. The summed E-state index contributed by atoms with van der Waals surface area (Å²) in [6.07, 6.45) is 2.50. The molecule has 0 atom stereocenters. The number of rotatable bonds is 7. The molecular formula is C15H18N2O2S2. The van der Waals surface area contributed by atoms with Gasteiger partial charge in [-0.3, -0.25) is 0 Å². The van der Waals surface area contributed by atoms with Crippen LogP contribution in [0.25, 0.3) is 0 Å². The van der Waals surface area contributed by atoms with E-state index in [1.165, 1.54) is 12.8 Å². The number of hydrogen-bond acceptors (Lipinski definition) is 4. The van der Waals surface area contributed by atoms with Crippen molar-refractivity contribution < 1.29 is 8.42 Å². The van der Waals surface area contributed by atoms with Crippen molar-refractivity contribution in [1.29, 1.82) is 0 Å². The zero-order valence-electron chi connectivity index (χ0n) is 11.6. The Kier molecular flexibility index (Phi) is 4.40. The molecule has 2 N–H and O–H groups in total. The molecule has 1 heterocycles. The maximum atomic E-state index is 12.2. The first-order valence-electron chi connectivity index (χ1n) is 6.98. The molecule has 1 aromatic heterocycles. The van der Waals surface area contributed by atoms with Crippen molar-refractivity contribution in [3.8, 4) is 0 Å². The van der Waals surface area contributed by atoms with Gasteiger partial charge in [-0.2, -0.15) is 0 Å². The molecule has 21 heavy (non-hydrogen) atoms. The highest BCUT2D eigenvalue weighted by atomic mass is 32.2. The first-order chi connectivity index (χ1) is 10.1. The van der Waals surface area contributed by atoms with Gasteiger partial charge < -0.3 is 5.32 Å². The summed E-state index contributed by atoms with van der Waals surface area (Å²) in [4.78, 5) is 1.32. The summed E-state index contributed by atoms with van der Waals surface area (Å²) in [6.45, 7) is 1.14. The van der Waals surface area contributed by atoms with Gasteiger partial charge in [-0.1, -0.05) is 18.2 Å². The number of benzene rings is 1. The molecule has 0 aliphatic heterocycles. The Morgan fingerprint density at radius 1 is 1.10 bits per heavy atom. The number of sulfonamides is 1. The summed E-state index contributed by atoms with van der Waals surface area (Å²) < 4.78 is 27.0. The Bertz CT molecular complexity index is 675. The minimum absolute atomic E-state index is 0.314. The molecule has 1 aromatic carbocycles. The van der Waals surface area contributed by atoms with Crippen molar-refractivity contribution in [1.82, 2.24) is 10.0 Å². The molecule has 0 saturated heterocycles. The average molecular weight is 322 g/mol. The Hall–Kier alpha value is -1.21. The largest absolute Gasteiger partial charge is 0.310 e. The second-order valence-corrected chi connectivity index (χ2v) is 8.00. The van der Waals surface area contributed by atoms with E-state index in [2.05, 4.69) is 10.0 Å². The topological polar surface area (TPSA) is 58.2 Å². The van der Waals surface area contributed by atoms with Crippen molar-refractivity contribution in [2.24, 2.45) is 0 Å². The van der Waals surface area contributed by atoms with Crippen molar-refractivity contribution >= 4 is 21.4 Å². The normalized spacial score (nSPS) is 15.2. The third kappa shape index (κ3) is 4.14. The molecular weight excluding hydrogens is 304 g/mol. The minimum Gasteiger partial charge on any atom is -0.310 e. The van der Waals surface area contributed by atoms with Gasteiger partial charge in [0.05, 0.1) is 4.90 Å². The smallest absolute Gasteiger partial charge is 0.240 e. The molecule has 1 aliphatic rings. The zero-order chi connectivity index (χ0) is 14.7. The van der Waals surface area contributed by atoms with E-state index in [9.17, 15) is 8.42 Å². The molecule has 0 amide bonds. The van der Waals surface area contributed by atoms with Gasteiger partial charge in [-0.05, 0) is 42.0 Å². The highest BCUT2D eigenvalue weighted by Gasteiger charge is 2.20. The second-order valence-electron chi connectivity index (χ2n) is 5.20.